The van der Waals surface area contributed by atoms with E-state index in [1.165, 1.54) is 0 Å². The van der Waals surface area contributed by atoms with Gasteiger partial charge < -0.3 is 10.6 Å². The Kier molecular flexibility index (Phi) is 5.16. The summed E-state index contributed by atoms with van der Waals surface area (Å²) in [7, 11) is 0. The summed E-state index contributed by atoms with van der Waals surface area (Å²) in [5.41, 5.74) is 0.699. The molecule has 1 aliphatic heterocycles. The van der Waals surface area contributed by atoms with Crippen LogP contribution in [-0.2, 0) is 0 Å². The molecular weight excluding hydrogens is 294 g/mol. The molecule has 0 aromatic heterocycles. The quantitative estimate of drug-likeness (QED) is 0.875. The molecule has 0 unspecified atom stereocenters. The first-order valence-corrected chi connectivity index (χ1v) is 7.02. The fourth-order valence-electron chi connectivity index (χ4n) is 1.99. The Bertz CT molecular complexity index is 405. The predicted molar refractivity (Wildman–Crippen MR) is 75.8 cm³/mol. The van der Waals surface area contributed by atoms with Gasteiger partial charge in [-0.15, -0.1) is 0 Å². The summed E-state index contributed by atoms with van der Waals surface area (Å²) in [6.45, 7) is 5.82. The minimum Gasteiger partial charge on any atom is -0.351 e. The van der Waals surface area contributed by atoms with Crippen LogP contribution in [0.15, 0.2) is 28.7 Å². The van der Waals surface area contributed by atoms with Crippen LogP contribution in [0.4, 0.5) is 0 Å². The molecule has 98 valence electrons. The average Bonchev–Trinajstić information content (AvgIpc) is 2.40. The Labute approximate surface area is 116 Å². The van der Waals surface area contributed by atoms with Crippen LogP contribution in [0.1, 0.15) is 10.4 Å². The minimum absolute atomic E-state index is 0.00793. The van der Waals surface area contributed by atoms with Crippen molar-refractivity contribution in [1.82, 2.24) is 15.5 Å². The van der Waals surface area contributed by atoms with Gasteiger partial charge in [-0.2, -0.15) is 0 Å². The van der Waals surface area contributed by atoms with Crippen molar-refractivity contribution in [2.75, 3.05) is 39.3 Å². The van der Waals surface area contributed by atoms with E-state index in [0.29, 0.717) is 12.1 Å². The molecule has 1 aliphatic rings. The third-order valence-electron chi connectivity index (χ3n) is 3.01. The fraction of sp³-hybridized carbons (Fsp3) is 0.462. The number of hydrogen-bond acceptors (Lipinski definition) is 3. The van der Waals surface area contributed by atoms with Crippen molar-refractivity contribution in [3.05, 3.63) is 34.3 Å². The molecule has 1 amide bonds. The van der Waals surface area contributed by atoms with E-state index in [0.717, 1.165) is 37.2 Å². The van der Waals surface area contributed by atoms with E-state index in [1.54, 1.807) is 0 Å². The van der Waals surface area contributed by atoms with Crippen molar-refractivity contribution in [2.45, 2.75) is 0 Å². The number of piperazine rings is 1. The third kappa shape index (κ3) is 4.08. The van der Waals surface area contributed by atoms with E-state index in [2.05, 4.69) is 31.5 Å². The summed E-state index contributed by atoms with van der Waals surface area (Å²) in [5, 5.41) is 6.26. The molecule has 0 spiro atoms. The molecule has 5 heteroatoms. The van der Waals surface area contributed by atoms with Crippen LogP contribution in [0.25, 0.3) is 0 Å². The zero-order valence-corrected chi connectivity index (χ0v) is 11.9. The van der Waals surface area contributed by atoms with Gasteiger partial charge in [-0.1, -0.05) is 22.0 Å². The van der Waals surface area contributed by atoms with Crippen LogP contribution in [0.2, 0.25) is 0 Å². The molecule has 1 aromatic rings. The Morgan fingerprint density at radius 1 is 1.39 bits per heavy atom. The molecule has 0 bridgehead atoms. The lowest BCUT2D eigenvalue weighted by Crippen LogP contribution is -2.46. The monoisotopic (exact) mass is 311 g/mol. The number of rotatable bonds is 4. The van der Waals surface area contributed by atoms with Gasteiger partial charge in [-0.3, -0.25) is 9.69 Å². The van der Waals surface area contributed by atoms with Gasteiger partial charge in [0.05, 0.1) is 0 Å². The second kappa shape index (κ2) is 6.87. The second-order valence-electron chi connectivity index (χ2n) is 4.36. The molecule has 0 radical (unpaired) electrons. The van der Waals surface area contributed by atoms with Gasteiger partial charge in [0.2, 0.25) is 0 Å². The molecule has 2 rings (SSSR count). The largest absolute Gasteiger partial charge is 0.351 e. The Balaban J connectivity index is 1.74. The van der Waals surface area contributed by atoms with E-state index in [9.17, 15) is 4.79 Å². The summed E-state index contributed by atoms with van der Waals surface area (Å²) in [4.78, 5) is 14.2. The zero-order valence-electron chi connectivity index (χ0n) is 10.3. The van der Waals surface area contributed by atoms with Crippen molar-refractivity contribution in [2.24, 2.45) is 0 Å². The minimum atomic E-state index is -0.00793. The lowest BCUT2D eigenvalue weighted by Gasteiger charge is -2.27. The highest BCUT2D eigenvalue weighted by Gasteiger charge is 2.10. The van der Waals surface area contributed by atoms with Gasteiger partial charge in [-0.25, -0.2) is 0 Å². The maximum atomic E-state index is 11.9. The average molecular weight is 312 g/mol. The zero-order chi connectivity index (χ0) is 12.8. The molecule has 0 aliphatic carbocycles. The van der Waals surface area contributed by atoms with Crippen LogP contribution >= 0.6 is 15.9 Å². The normalized spacial score (nSPS) is 16.5. The molecule has 0 saturated carbocycles. The number of nitrogens with one attached hydrogen (secondary N) is 2. The first-order chi connectivity index (χ1) is 8.75. The molecule has 1 heterocycles. The SMILES string of the molecule is O=C(NCCN1CCNCC1)c1cccc(Br)c1. The lowest BCUT2D eigenvalue weighted by atomic mass is 10.2. The first kappa shape index (κ1) is 13.5. The summed E-state index contributed by atoms with van der Waals surface area (Å²) in [6, 6.07) is 7.44. The third-order valence-corrected chi connectivity index (χ3v) is 3.50. The van der Waals surface area contributed by atoms with Crippen molar-refractivity contribution < 1.29 is 4.79 Å². The van der Waals surface area contributed by atoms with Crippen LogP contribution < -0.4 is 10.6 Å². The highest BCUT2D eigenvalue weighted by Crippen LogP contribution is 2.11. The van der Waals surface area contributed by atoms with Gasteiger partial charge in [-0.05, 0) is 18.2 Å². The predicted octanol–water partition coefficient (Wildman–Crippen LogP) is 1.08. The number of benzene rings is 1. The van der Waals surface area contributed by atoms with Gasteiger partial charge in [0.15, 0.2) is 0 Å². The number of carbonyl (C=O) groups excluding carboxylic acids is 1. The lowest BCUT2D eigenvalue weighted by molar-refractivity contribution is 0.0947. The van der Waals surface area contributed by atoms with Crippen LogP contribution in [0.5, 0.6) is 0 Å². The number of halogens is 1. The number of hydrogen-bond donors (Lipinski definition) is 2. The van der Waals surface area contributed by atoms with Crippen LogP contribution in [0, 0.1) is 0 Å². The van der Waals surface area contributed by atoms with Crippen LogP contribution in [-0.4, -0.2) is 50.1 Å². The van der Waals surface area contributed by atoms with Gasteiger partial charge in [0.1, 0.15) is 0 Å². The van der Waals surface area contributed by atoms with Crippen molar-refractivity contribution in [3.8, 4) is 0 Å². The van der Waals surface area contributed by atoms with E-state index >= 15 is 0 Å². The Hall–Kier alpha value is -0.910. The van der Waals surface area contributed by atoms with E-state index in [4.69, 9.17) is 0 Å². The van der Waals surface area contributed by atoms with E-state index in [-0.39, 0.29) is 5.91 Å². The molecule has 1 saturated heterocycles. The van der Waals surface area contributed by atoms with Crippen LogP contribution in [0.3, 0.4) is 0 Å². The molecule has 1 aromatic carbocycles. The van der Waals surface area contributed by atoms with Gasteiger partial charge in [0, 0.05) is 49.3 Å². The highest BCUT2D eigenvalue weighted by molar-refractivity contribution is 9.10. The summed E-state index contributed by atoms with van der Waals surface area (Å²) >= 11 is 3.37. The fourth-order valence-corrected chi connectivity index (χ4v) is 2.39. The second-order valence-corrected chi connectivity index (χ2v) is 5.27. The molecule has 4 nitrogen and oxygen atoms in total. The maximum Gasteiger partial charge on any atom is 0.251 e. The van der Waals surface area contributed by atoms with E-state index < -0.39 is 0 Å². The summed E-state index contributed by atoms with van der Waals surface area (Å²) in [5.74, 6) is -0.00793. The van der Waals surface area contributed by atoms with Crippen molar-refractivity contribution in [3.63, 3.8) is 0 Å². The maximum absolute atomic E-state index is 11.9. The first-order valence-electron chi connectivity index (χ1n) is 6.22. The topological polar surface area (TPSA) is 44.4 Å². The smallest absolute Gasteiger partial charge is 0.251 e. The molecule has 0 atom stereocenters. The van der Waals surface area contributed by atoms with Gasteiger partial charge in [0.25, 0.3) is 5.91 Å². The van der Waals surface area contributed by atoms with E-state index in [1.807, 2.05) is 24.3 Å². The summed E-state index contributed by atoms with van der Waals surface area (Å²) in [6.07, 6.45) is 0. The molecule has 1 fully saturated rings. The molecule has 2 N–H and O–H groups in total. The van der Waals surface area contributed by atoms with Gasteiger partial charge >= 0.3 is 0 Å². The number of nitrogens with zero attached hydrogens (tertiary/aromatic N) is 1. The summed E-state index contributed by atoms with van der Waals surface area (Å²) < 4.78 is 0.928. The number of carbonyl (C=O) groups is 1. The van der Waals surface area contributed by atoms with Crippen molar-refractivity contribution >= 4 is 21.8 Å². The molecular formula is C13H18BrN3O. The molecule has 18 heavy (non-hydrogen) atoms. The standard InChI is InChI=1S/C13H18BrN3O/c14-12-3-1-2-11(10-12)13(18)16-6-9-17-7-4-15-5-8-17/h1-3,10,15H,4-9H2,(H,16,18). The van der Waals surface area contributed by atoms with Crippen molar-refractivity contribution in [1.29, 1.82) is 0 Å². The Morgan fingerprint density at radius 2 is 2.17 bits per heavy atom. The highest BCUT2D eigenvalue weighted by atomic mass is 79.9. The number of amides is 1. The Morgan fingerprint density at radius 3 is 2.89 bits per heavy atom.